The lowest BCUT2D eigenvalue weighted by Gasteiger charge is -2.35. The Morgan fingerprint density at radius 2 is 1.35 bits per heavy atom. The Balaban J connectivity index is 2.16. The molecule has 282 valence electrons. The molecule has 2 rings (SSSR count). The number of nitrogens with zero attached hydrogens (tertiary/aromatic N) is 1. The van der Waals surface area contributed by atoms with E-state index in [1.165, 1.54) is 48.5 Å². The number of benzene rings is 2. The molecule has 0 bridgehead atoms. The lowest BCUT2D eigenvalue weighted by atomic mass is 9.78. The van der Waals surface area contributed by atoms with E-state index in [1.54, 1.807) is 0 Å². The highest BCUT2D eigenvalue weighted by Gasteiger charge is 2.46. The number of nitrogens with two attached hydrogens (primary N) is 4. The van der Waals surface area contributed by atoms with Crippen LogP contribution in [-0.4, -0.2) is 87.5 Å². The molecule has 0 aromatic heterocycles. The van der Waals surface area contributed by atoms with E-state index < -0.39 is 104 Å². The molecule has 19 nitrogen and oxygen atoms in total. The van der Waals surface area contributed by atoms with E-state index in [2.05, 4.69) is 15.0 Å². The van der Waals surface area contributed by atoms with Gasteiger partial charge in [-0.2, -0.15) is 13.2 Å². The van der Waals surface area contributed by atoms with Crippen molar-refractivity contribution in [3.05, 3.63) is 59.7 Å². The molecule has 12 N–H and O–H groups in total. The highest BCUT2D eigenvalue weighted by atomic mass is 19.4. The normalized spacial score (nSPS) is 13.9. The number of ether oxygens (including phenoxy) is 3. The van der Waals surface area contributed by atoms with Crippen LogP contribution >= 0.6 is 0 Å². The number of hydrogen-bond donors (Lipinski definition) is 8. The van der Waals surface area contributed by atoms with Gasteiger partial charge in [0.1, 0.15) is 12.4 Å². The van der Waals surface area contributed by atoms with Crippen LogP contribution in [0.5, 0.6) is 5.75 Å². The summed E-state index contributed by atoms with van der Waals surface area (Å²) in [5.41, 5.74) is 23.6. The maximum atomic E-state index is 12.7. The Morgan fingerprint density at radius 1 is 0.788 bits per heavy atom. The van der Waals surface area contributed by atoms with Gasteiger partial charge in [0, 0.05) is 18.0 Å². The number of nitrogens with one attached hydrogen (secondary N) is 1. The molecule has 2 aromatic carbocycles. The summed E-state index contributed by atoms with van der Waals surface area (Å²) in [5.74, 6) is -15.0. The highest BCUT2D eigenvalue weighted by Crippen LogP contribution is 2.26. The Kier molecular flexibility index (Phi) is 15.0. The number of aliphatic imine (C=N–C) groups is 1. The average molecular weight is 743 g/mol. The van der Waals surface area contributed by atoms with Crippen LogP contribution in [0.15, 0.2) is 53.5 Å². The largest absolute Gasteiger partial charge is 0.491 e. The second-order valence-electron chi connectivity index (χ2n) is 10.9. The van der Waals surface area contributed by atoms with Gasteiger partial charge in [0.05, 0.1) is 42.5 Å². The number of alkyl carbamates (subject to hydrolysis) is 1. The third kappa shape index (κ3) is 13.5. The molecule has 0 heterocycles. The van der Waals surface area contributed by atoms with Gasteiger partial charge in [0.2, 0.25) is 0 Å². The molecule has 1 amide bonds. The molecule has 2 aromatic rings. The zero-order valence-corrected chi connectivity index (χ0v) is 26.6. The number of amides is 1. The molecule has 0 fully saturated rings. The minimum Gasteiger partial charge on any atom is -0.481 e. The summed E-state index contributed by atoms with van der Waals surface area (Å²) >= 11 is 0. The maximum absolute atomic E-state index is 12.7. The van der Waals surface area contributed by atoms with Crippen molar-refractivity contribution in [1.29, 1.82) is 0 Å². The van der Waals surface area contributed by atoms with Crippen molar-refractivity contribution in [3.8, 4) is 5.75 Å². The van der Waals surface area contributed by atoms with Crippen molar-refractivity contribution in [2.24, 2.45) is 39.8 Å². The van der Waals surface area contributed by atoms with Crippen molar-refractivity contribution < 1.29 is 76.3 Å². The second-order valence-corrected chi connectivity index (χ2v) is 10.9. The van der Waals surface area contributed by atoms with Crippen LogP contribution in [-0.2, 0) is 40.1 Å². The van der Waals surface area contributed by atoms with Crippen molar-refractivity contribution in [2.75, 3.05) is 0 Å². The van der Waals surface area contributed by atoms with Crippen molar-refractivity contribution in [1.82, 2.24) is 5.32 Å². The molecule has 0 saturated heterocycles. The first-order valence-corrected chi connectivity index (χ1v) is 14.6. The SMILES string of the molecule is NC(N)=Nc1ccc(C(=O)Oc2ccc(COC(=O)N[C@@H](CC(=O)O)C(N)[C@@H](CC(=O)O)C(N)[C@H](CC(=O)O)C(=O)OC(=O)C(F)(F)F)cc2)cc1. The number of hydrogen-bond acceptors (Lipinski definition) is 13. The first-order chi connectivity index (χ1) is 24.2. The van der Waals surface area contributed by atoms with Gasteiger partial charge >= 0.3 is 48.1 Å². The summed E-state index contributed by atoms with van der Waals surface area (Å²) in [7, 11) is 0. The number of halogens is 3. The molecule has 22 heteroatoms. The number of aliphatic carboxylic acids is 3. The van der Waals surface area contributed by atoms with Gasteiger partial charge in [0.15, 0.2) is 5.96 Å². The lowest BCUT2D eigenvalue weighted by molar-refractivity contribution is -0.203. The number of guanidine groups is 1. The smallest absolute Gasteiger partial charge is 0.481 e. The van der Waals surface area contributed by atoms with E-state index in [4.69, 9.17) is 32.4 Å². The molecule has 5 atom stereocenters. The third-order valence-corrected chi connectivity index (χ3v) is 7.01. The van der Waals surface area contributed by atoms with Gasteiger partial charge in [-0.15, -0.1) is 0 Å². The number of carboxylic acid groups (broad SMARTS) is 3. The van der Waals surface area contributed by atoms with Gasteiger partial charge in [-0.25, -0.2) is 19.4 Å². The quantitative estimate of drug-likeness (QED) is 0.0356. The van der Waals surface area contributed by atoms with Gasteiger partial charge < -0.3 is 57.8 Å². The Bertz CT molecular complexity index is 1670. The van der Waals surface area contributed by atoms with Gasteiger partial charge in [0.25, 0.3) is 0 Å². The minimum absolute atomic E-state index is 0.104. The maximum Gasteiger partial charge on any atom is 0.491 e. The van der Waals surface area contributed by atoms with Crippen LogP contribution < -0.4 is 33.0 Å². The van der Waals surface area contributed by atoms with Gasteiger partial charge in [-0.3, -0.25) is 19.2 Å². The van der Waals surface area contributed by atoms with Crippen LogP contribution in [0, 0.1) is 11.8 Å². The fraction of sp³-hybridized carbons (Fsp3) is 0.333. The molecule has 0 aliphatic carbocycles. The third-order valence-electron chi connectivity index (χ3n) is 7.01. The van der Waals surface area contributed by atoms with E-state index in [0.29, 0.717) is 11.3 Å². The van der Waals surface area contributed by atoms with Crippen LogP contribution in [0.2, 0.25) is 0 Å². The molecule has 0 spiro atoms. The molecular weight excluding hydrogens is 709 g/mol. The summed E-state index contributed by atoms with van der Waals surface area (Å²) < 4.78 is 52.1. The first kappa shape index (κ1) is 41.9. The Morgan fingerprint density at radius 3 is 1.85 bits per heavy atom. The van der Waals surface area contributed by atoms with Crippen molar-refractivity contribution in [2.45, 2.75) is 50.2 Å². The van der Waals surface area contributed by atoms with Crippen molar-refractivity contribution in [3.63, 3.8) is 0 Å². The van der Waals surface area contributed by atoms with E-state index >= 15 is 0 Å². The molecular formula is C30H33F3N6O13. The van der Waals surface area contributed by atoms with E-state index in [1.807, 2.05) is 0 Å². The molecule has 2 unspecified atom stereocenters. The molecule has 52 heavy (non-hydrogen) atoms. The van der Waals surface area contributed by atoms with Crippen LogP contribution in [0.3, 0.4) is 0 Å². The molecule has 0 aliphatic heterocycles. The predicted molar refractivity (Wildman–Crippen MR) is 167 cm³/mol. The molecule has 0 saturated carbocycles. The summed E-state index contributed by atoms with van der Waals surface area (Å²) in [4.78, 5) is 87.2. The van der Waals surface area contributed by atoms with E-state index in [0.717, 1.165) is 0 Å². The summed E-state index contributed by atoms with van der Waals surface area (Å²) in [6.07, 6.45) is -10.4. The van der Waals surface area contributed by atoms with Crippen LogP contribution in [0.25, 0.3) is 0 Å². The number of rotatable bonds is 17. The van der Waals surface area contributed by atoms with E-state index in [-0.39, 0.29) is 17.3 Å². The fourth-order valence-electron chi connectivity index (χ4n) is 4.57. The Labute approximate surface area is 290 Å². The van der Waals surface area contributed by atoms with Crippen LogP contribution in [0.4, 0.5) is 23.7 Å². The molecule has 0 aliphatic rings. The van der Waals surface area contributed by atoms with Gasteiger partial charge in [-0.1, -0.05) is 12.1 Å². The summed E-state index contributed by atoms with van der Waals surface area (Å²) in [6.45, 7) is -0.445. The lowest BCUT2D eigenvalue weighted by Crippen LogP contribution is -2.58. The average Bonchev–Trinajstić information content (AvgIpc) is 3.04. The summed E-state index contributed by atoms with van der Waals surface area (Å²) in [5, 5.41) is 30.2. The zero-order valence-electron chi connectivity index (χ0n) is 26.6. The Hall–Kier alpha value is -6.29. The first-order valence-electron chi connectivity index (χ1n) is 14.6. The van der Waals surface area contributed by atoms with Crippen molar-refractivity contribution >= 4 is 53.6 Å². The summed E-state index contributed by atoms with van der Waals surface area (Å²) in [6, 6.07) is 5.78. The van der Waals surface area contributed by atoms with Gasteiger partial charge in [-0.05, 0) is 42.0 Å². The second kappa shape index (κ2) is 18.6. The zero-order chi connectivity index (χ0) is 39.3. The minimum atomic E-state index is -5.67. The number of carbonyl (C=O) groups is 7. The predicted octanol–water partition coefficient (Wildman–Crippen LogP) is 0.349. The number of alkyl halides is 3. The number of esters is 3. The topological polar surface area (TPSA) is 336 Å². The monoisotopic (exact) mass is 742 g/mol. The van der Waals surface area contributed by atoms with E-state index in [9.17, 15) is 62.1 Å². The fourth-order valence-corrected chi connectivity index (χ4v) is 4.57. The standard InChI is InChI=1S/C30H33F3N6O13/c31-30(32,33)27(48)52-26(47)18(10-21(42)43)23(34)17(9-20(40)41)24(35)19(11-22(44)45)39-29(49)50-12-13-1-7-16(8-2-13)51-25(46)14-3-5-15(6-4-14)38-28(36)37/h1-8,17-19,23-24H,9-12,34-35H2,(H,39,49)(H,40,41)(H,42,43)(H,44,45)(H4,36,37,38)/t17-,18-,19-,23?,24?/m0/s1. The van der Waals surface area contributed by atoms with Crippen LogP contribution in [0.1, 0.15) is 35.2 Å². The highest BCUT2D eigenvalue weighted by molar-refractivity contribution is 5.92. The number of carbonyl (C=O) groups excluding carboxylic acids is 4. The number of carboxylic acids is 3. The molecule has 0 radical (unpaired) electrons.